The minimum atomic E-state index is 0.932. The molecule has 3 unspecified atom stereocenters. The Kier molecular flexibility index (Phi) is 10.2. The van der Waals surface area contributed by atoms with Crippen LogP contribution < -0.4 is 0 Å². The summed E-state index contributed by atoms with van der Waals surface area (Å²) < 4.78 is 0. The highest BCUT2D eigenvalue weighted by Gasteiger charge is 2.21. The molecular weight excluding hydrogens is 192 g/mol. The van der Waals surface area contributed by atoms with Gasteiger partial charge in [0.05, 0.1) is 0 Å². The number of unbranched alkanes of at least 4 members (excludes halogenated alkanes) is 2. The third-order valence-electron chi connectivity index (χ3n) is 4.09. The fraction of sp³-hybridized carbons (Fsp3) is 1.00. The summed E-state index contributed by atoms with van der Waals surface area (Å²) in [6.07, 6.45) is 11.2. The van der Waals surface area contributed by atoms with Gasteiger partial charge in [-0.1, -0.05) is 86.0 Å². The Morgan fingerprint density at radius 1 is 0.625 bits per heavy atom. The van der Waals surface area contributed by atoms with Gasteiger partial charge in [0.1, 0.15) is 0 Å². The third-order valence-corrected chi connectivity index (χ3v) is 4.09. The highest BCUT2D eigenvalue weighted by molar-refractivity contribution is 4.72. The van der Waals surface area contributed by atoms with Crippen molar-refractivity contribution in [3.63, 3.8) is 0 Å². The molecular formula is C16H34. The lowest BCUT2D eigenvalue weighted by Gasteiger charge is -2.29. The van der Waals surface area contributed by atoms with Gasteiger partial charge in [0, 0.05) is 0 Å². The average molecular weight is 226 g/mol. The van der Waals surface area contributed by atoms with Crippen molar-refractivity contribution in [1.82, 2.24) is 0 Å². The molecule has 0 aromatic carbocycles. The quantitative estimate of drug-likeness (QED) is 0.397. The van der Waals surface area contributed by atoms with Gasteiger partial charge in [0.25, 0.3) is 0 Å². The fourth-order valence-corrected chi connectivity index (χ4v) is 3.06. The van der Waals surface area contributed by atoms with Crippen molar-refractivity contribution in [2.24, 2.45) is 17.8 Å². The zero-order chi connectivity index (χ0) is 12.4. The van der Waals surface area contributed by atoms with E-state index in [1.165, 1.54) is 51.4 Å². The molecule has 0 spiro atoms. The van der Waals surface area contributed by atoms with E-state index in [0.29, 0.717) is 0 Å². The van der Waals surface area contributed by atoms with Gasteiger partial charge in [-0.15, -0.1) is 0 Å². The molecule has 0 aromatic heterocycles. The molecule has 3 atom stereocenters. The first kappa shape index (κ1) is 16.0. The molecule has 98 valence electrons. The monoisotopic (exact) mass is 226 g/mol. The molecule has 0 aliphatic rings. The first-order chi connectivity index (χ1) is 7.67. The van der Waals surface area contributed by atoms with Crippen LogP contribution in [0, 0.1) is 17.8 Å². The Morgan fingerprint density at radius 3 is 1.69 bits per heavy atom. The lowest BCUT2D eigenvalue weighted by Crippen LogP contribution is -2.20. The smallest absolute Gasteiger partial charge is 0.0363 e. The van der Waals surface area contributed by atoms with Crippen LogP contribution >= 0.6 is 0 Å². The molecule has 0 aliphatic carbocycles. The van der Waals surface area contributed by atoms with Gasteiger partial charge in [-0.3, -0.25) is 0 Å². The maximum absolute atomic E-state index is 2.49. The van der Waals surface area contributed by atoms with E-state index >= 15 is 0 Å². The van der Waals surface area contributed by atoms with E-state index in [9.17, 15) is 0 Å². The highest BCUT2D eigenvalue weighted by atomic mass is 14.3. The Bertz CT molecular complexity index is 139. The van der Waals surface area contributed by atoms with Crippen molar-refractivity contribution in [2.75, 3.05) is 0 Å². The van der Waals surface area contributed by atoms with Crippen LogP contribution in [0.2, 0.25) is 0 Å². The molecule has 0 amide bonds. The molecule has 0 saturated carbocycles. The number of hydrogen-bond acceptors (Lipinski definition) is 0. The summed E-state index contributed by atoms with van der Waals surface area (Å²) in [6.45, 7) is 11.9. The molecule has 0 heterocycles. The van der Waals surface area contributed by atoms with Crippen molar-refractivity contribution in [2.45, 2.75) is 86.0 Å². The fourth-order valence-electron chi connectivity index (χ4n) is 3.06. The van der Waals surface area contributed by atoms with Crippen molar-refractivity contribution >= 4 is 0 Å². The van der Waals surface area contributed by atoms with E-state index in [1.54, 1.807) is 0 Å². The van der Waals surface area contributed by atoms with Crippen LogP contribution in [0.4, 0.5) is 0 Å². The van der Waals surface area contributed by atoms with Gasteiger partial charge in [-0.05, 0) is 17.8 Å². The largest absolute Gasteiger partial charge is 0.0654 e. The number of hydrogen-bond donors (Lipinski definition) is 0. The molecule has 0 rings (SSSR count). The second-order valence-electron chi connectivity index (χ2n) is 5.69. The third kappa shape index (κ3) is 6.55. The first-order valence-electron chi connectivity index (χ1n) is 7.67. The van der Waals surface area contributed by atoms with Crippen LogP contribution in [0.15, 0.2) is 0 Å². The van der Waals surface area contributed by atoms with E-state index in [-0.39, 0.29) is 0 Å². The lowest BCUT2D eigenvalue weighted by molar-refractivity contribution is 0.211. The summed E-state index contributed by atoms with van der Waals surface area (Å²) in [4.78, 5) is 0. The van der Waals surface area contributed by atoms with Crippen molar-refractivity contribution in [3.8, 4) is 0 Å². The van der Waals surface area contributed by atoms with Gasteiger partial charge < -0.3 is 0 Å². The second kappa shape index (κ2) is 10.2. The normalized spacial score (nSPS) is 17.1. The molecule has 0 N–H and O–H groups in total. The van der Waals surface area contributed by atoms with E-state index < -0.39 is 0 Å². The lowest BCUT2D eigenvalue weighted by atomic mass is 9.76. The molecule has 0 bridgehead atoms. The minimum absolute atomic E-state index is 0.932. The van der Waals surface area contributed by atoms with Gasteiger partial charge >= 0.3 is 0 Å². The van der Waals surface area contributed by atoms with Crippen LogP contribution in [0.1, 0.15) is 86.0 Å². The summed E-state index contributed by atoms with van der Waals surface area (Å²) in [5.41, 5.74) is 0. The molecule has 0 radical (unpaired) electrons. The SMILES string of the molecule is CCCCCC(C)C(CCC)C(C)CCC. The van der Waals surface area contributed by atoms with Gasteiger partial charge in [-0.2, -0.15) is 0 Å². The zero-order valence-electron chi connectivity index (χ0n) is 12.4. The molecule has 0 fully saturated rings. The molecule has 0 heteroatoms. The molecule has 0 nitrogen and oxygen atoms in total. The van der Waals surface area contributed by atoms with E-state index in [1.807, 2.05) is 0 Å². The Labute approximate surface area is 104 Å². The van der Waals surface area contributed by atoms with E-state index in [2.05, 4.69) is 34.6 Å². The molecule has 16 heavy (non-hydrogen) atoms. The van der Waals surface area contributed by atoms with E-state index in [0.717, 1.165) is 17.8 Å². The maximum Gasteiger partial charge on any atom is -0.0363 e. The molecule has 0 aromatic rings. The van der Waals surface area contributed by atoms with Crippen molar-refractivity contribution < 1.29 is 0 Å². The Morgan fingerprint density at radius 2 is 1.19 bits per heavy atom. The standard InChI is InChI=1S/C16H34/c1-6-9-10-13-15(5)16(12-8-3)14(4)11-7-2/h14-16H,6-13H2,1-5H3. The van der Waals surface area contributed by atoms with Crippen molar-refractivity contribution in [3.05, 3.63) is 0 Å². The summed E-state index contributed by atoms with van der Waals surface area (Å²) in [5, 5.41) is 0. The summed E-state index contributed by atoms with van der Waals surface area (Å²) in [7, 11) is 0. The first-order valence-corrected chi connectivity index (χ1v) is 7.67. The van der Waals surface area contributed by atoms with Crippen LogP contribution in [-0.2, 0) is 0 Å². The minimum Gasteiger partial charge on any atom is -0.0654 e. The van der Waals surface area contributed by atoms with Gasteiger partial charge in [-0.25, -0.2) is 0 Å². The van der Waals surface area contributed by atoms with Crippen LogP contribution in [0.25, 0.3) is 0 Å². The average Bonchev–Trinajstić information content (AvgIpc) is 2.26. The van der Waals surface area contributed by atoms with Crippen LogP contribution in [0.3, 0.4) is 0 Å². The zero-order valence-corrected chi connectivity index (χ0v) is 12.4. The summed E-state index contributed by atoms with van der Waals surface area (Å²) in [5.74, 6) is 2.84. The summed E-state index contributed by atoms with van der Waals surface area (Å²) in [6, 6.07) is 0. The topological polar surface area (TPSA) is 0 Å². The van der Waals surface area contributed by atoms with Gasteiger partial charge in [0.2, 0.25) is 0 Å². The maximum atomic E-state index is 2.49. The summed E-state index contributed by atoms with van der Waals surface area (Å²) >= 11 is 0. The number of rotatable bonds is 10. The Balaban J connectivity index is 4.05. The highest BCUT2D eigenvalue weighted by Crippen LogP contribution is 2.32. The van der Waals surface area contributed by atoms with Gasteiger partial charge in [0.15, 0.2) is 0 Å². The van der Waals surface area contributed by atoms with Crippen molar-refractivity contribution in [1.29, 1.82) is 0 Å². The molecule has 0 aliphatic heterocycles. The van der Waals surface area contributed by atoms with Crippen LogP contribution in [-0.4, -0.2) is 0 Å². The predicted molar refractivity (Wildman–Crippen MR) is 75.8 cm³/mol. The van der Waals surface area contributed by atoms with E-state index in [4.69, 9.17) is 0 Å². The Hall–Kier alpha value is 0. The van der Waals surface area contributed by atoms with Crippen LogP contribution in [0.5, 0.6) is 0 Å². The molecule has 0 saturated heterocycles. The predicted octanol–water partition coefficient (Wildman–Crippen LogP) is 6.06. The second-order valence-corrected chi connectivity index (χ2v) is 5.69.